The van der Waals surface area contributed by atoms with Crippen molar-refractivity contribution < 1.29 is 9.53 Å². The molecule has 0 saturated carbocycles. The highest BCUT2D eigenvalue weighted by Gasteiger charge is 2.10. The molecule has 29 heavy (non-hydrogen) atoms. The lowest BCUT2D eigenvalue weighted by atomic mass is 10.1. The third kappa shape index (κ3) is 6.43. The molecule has 0 radical (unpaired) electrons. The summed E-state index contributed by atoms with van der Waals surface area (Å²) in [6.07, 6.45) is 6.26. The lowest BCUT2D eigenvalue weighted by Gasteiger charge is -2.10. The molecule has 3 aromatic rings. The van der Waals surface area contributed by atoms with Crippen LogP contribution in [0.25, 0.3) is 11.0 Å². The Balaban J connectivity index is 1.52. The van der Waals surface area contributed by atoms with Crippen LogP contribution in [0.4, 0.5) is 0 Å². The molecular weight excluding hydrogens is 362 g/mol. The molecule has 0 aliphatic heterocycles. The van der Waals surface area contributed by atoms with Gasteiger partial charge in [-0.05, 0) is 43.4 Å². The van der Waals surface area contributed by atoms with Crippen LogP contribution in [0, 0.1) is 0 Å². The van der Waals surface area contributed by atoms with Crippen LogP contribution in [-0.2, 0) is 28.9 Å². The molecule has 0 bridgehead atoms. The van der Waals surface area contributed by atoms with Crippen LogP contribution in [0.15, 0.2) is 54.6 Å². The van der Waals surface area contributed by atoms with Crippen molar-refractivity contribution in [3.8, 4) is 0 Å². The fourth-order valence-electron chi connectivity index (χ4n) is 3.65. The monoisotopic (exact) mass is 393 g/mol. The summed E-state index contributed by atoms with van der Waals surface area (Å²) in [7, 11) is 1.53. The van der Waals surface area contributed by atoms with Crippen molar-refractivity contribution in [1.29, 1.82) is 0 Å². The Labute approximate surface area is 173 Å². The number of imidazole rings is 1. The maximum atomic E-state index is 11.4. The van der Waals surface area contributed by atoms with Crippen molar-refractivity contribution in [3.05, 3.63) is 66.0 Å². The molecular formula is C24H31N3O2. The number of nitrogens with zero attached hydrogens (tertiary/aromatic N) is 2. The molecule has 0 saturated heterocycles. The van der Waals surface area contributed by atoms with E-state index in [2.05, 4.69) is 64.5 Å². The van der Waals surface area contributed by atoms with Gasteiger partial charge in [0.25, 0.3) is 0 Å². The van der Waals surface area contributed by atoms with E-state index in [-0.39, 0.29) is 12.5 Å². The first-order chi connectivity index (χ1) is 14.3. The summed E-state index contributed by atoms with van der Waals surface area (Å²) in [6.45, 7) is 1.82. The van der Waals surface area contributed by atoms with E-state index >= 15 is 0 Å². The lowest BCUT2D eigenvalue weighted by Crippen LogP contribution is -2.27. The largest absolute Gasteiger partial charge is 0.375 e. The summed E-state index contributed by atoms with van der Waals surface area (Å²) in [4.78, 5) is 16.3. The molecule has 154 valence electrons. The minimum atomic E-state index is -0.0484. The lowest BCUT2D eigenvalue weighted by molar-refractivity contribution is -0.124. The van der Waals surface area contributed by atoms with Crippen molar-refractivity contribution in [3.63, 3.8) is 0 Å². The van der Waals surface area contributed by atoms with Gasteiger partial charge in [0.2, 0.25) is 5.91 Å². The summed E-state index contributed by atoms with van der Waals surface area (Å²) < 4.78 is 7.21. The zero-order chi connectivity index (χ0) is 20.3. The Morgan fingerprint density at radius 1 is 0.966 bits per heavy atom. The summed E-state index contributed by atoms with van der Waals surface area (Å²) in [6, 6.07) is 19.1. The Morgan fingerprint density at radius 3 is 2.59 bits per heavy atom. The first-order valence-corrected chi connectivity index (χ1v) is 10.5. The predicted molar refractivity (Wildman–Crippen MR) is 117 cm³/mol. The van der Waals surface area contributed by atoms with Crippen molar-refractivity contribution in [1.82, 2.24) is 14.9 Å². The van der Waals surface area contributed by atoms with Crippen LogP contribution < -0.4 is 5.32 Å². The van der Waals surface area contributed by atoms with Gasteiger partial charge in [0.05, 0.1) is 11.0 Å². The summed E-state index contributed by atoms with van der Waals surface area (Å²) in [5.74, 6) is 1.12. The summed E-state index contributed by atoms with van der Waals surface area (Å²) in [5, 5.41) is 2.87. The first-order valence-electron chi connectivity index (χ1n) is 10.5. The van der Waals surface area contributed by atoms with Crippen LogP contribution >= 0.6 is 0 Å². The van der Waals surface area contributed by atoms with E-state index in [1.165, 1.54) is 24.0 Å². The maximum absolute atomic E-state index is 11.4. The van der Waals surface area contributed by atoms with Crippen molar-refractivity contribution in [2.24, 2.45) is 0 Å². The second-order valence-electron chi connectivity index (χ2n) is 7.35. The topological polar surface area (TPSA) is 56.1 Å². The van der Waals surface area contributed by atoms with Gasteiger partial charge in [-0.15, -0.1) is 0 Å². The molecule has 5 heteroatoms. The Morgan fingerprint density at radius 2 is 1.76 bits per heavy atom. The quantitative estimate of drug-likeness (QED) is 0.471. The molecule has 0 aliphatic rings. The molecule has 0 spiro atoms. The number of methoxy groups -OCH3 is 1. The number of nitrogens with one attached hydrogen (secondary N) is 1. The molecule has 0 atom stereocenters. The first kappa shape index (κ1) is 21.1. The molecule has 1 heterocycles. The van der Waals surface area contributed by atoms with Gasteiger partial charge in [0.1, 0.15) is 12.4 Å². The Bertz CT molecular complexity index is 890. The van der Waals surface area contributed by atoms with Crippen LogP contribution in [0.1, 0.15) is 37.1 Å². The fourth-order valence-corrected chi connectivity index (χ4v) is 3.65. The van der Waals surface area contributed by atoms with E-state index < -0.39 is 0 Å². The summed E-state index contributed by atoms with van der Waals surface area (Å²) in [5.41, 5.74) is 3.69. The van der Waals surface area contributed by atoms with Crippen molar-refractivity contribution in [2.75, 3.05) is 20.3 Å². The zero-order valence-corrected chi connectivity index (χ0v) is 17.3. The van der Waals surface area contributed by atoms with E-state index in [0.29, 0.717) is 6.54 Å². The van der Waals surface area contributed by atoms with Crippen molar-refractivity contribution in [2.45, 2.75) is 45.1 Å². The third-order valence-corrected chi connectivity index (χ3v) is 5.10. The normalized spacial score (nSPS) is 11.1. The van der Waals surface area contributed by atoms with Gasteiger partial charge in [0, 0.05) is 26.6 Å². The van der Waals surface area contributed by atoms with Gasteiger partial charge in [-0.25, -0.2) is 4.98 Å². The number of carbonyl (C=O) groups is 1. The number of amides is 1. The average Bonchev–Trinajstić information content (AvgIpc) is 3.09. The highest BCUT2D eigenvalue weighted by atomic mass is 16.5. The third-order valence-electron chi connectivity index (χ3n) is 5.10. The van der Waals surface area contributed by atoms with E-state index in [1.807, 2.05) is 0 Å². The fraction of sp³-hybridized carbons (Fsp3) is 0.417. The maximum Gasteiger partial charge on any atom is 0.245 e. The van der Waals surface area contributed by atoms with Gasteiger partial charge in [-0.3, -0.25) is 4.79 Å². The number of fused-ring (bicyclic) bond motifs is 1. The summed E-state index contributed by atoms with van der Waals surface area (Å²) >= 11 is 0. The molecule has 1 amide bonds. The number of hydrogen-bond donors (Lipinski definition) is 1. The SMILES string of the molecule is COCC(=O)NCCCCCc1nc2ccccc2n1CCCc1ccccc1. The minimum absolute atomic E-state index is 0.0484. The number of para-hydroxylation sites is 2. The minimum Gasteiger partial charge on any atom is -0.375 e. The molecule has 0 fully saturated rings. The number of benzene rings is 2. The average molecular weight is 394 g/mol. The van der Waals surface area contributed by atoms with E-state index in [9.17, 15) is 4.79 Å². The molecule has 1 N–H and O–H groups in total. The molecule has 0 unspecified atom stereocenters. The number of hydrogen-bond acceptors (Lipinski definition) is 3. The van der Waals surface area contributed by atoms with Crippen LogP contribution in [-0.4, -0.2) is 35.7 Å². The zero-order valence-electron chi connectivity index (χ0n) is 17.3. The van der Waals surface area contributed by atoms with Gasteiger partial charge < -0.3 is 14.6 Å². The van der Waals surface area contributed by atoms with Crippen molar-refractivity contribution >= 4 is 16.9 Å². The predicted octanol–water partition coefficient (Wildman–Crippen LogP) is 4.14. The molecule has 5 nitrogen and oxygen atoms in total. The second-order valence-corrected chi connectivity index (χ2v) is 7.35. The highest BCUT2D eigenvalue weighted by Crippen LogP contribution is 2.19. The van der Waals surface area contributed by atoms with Gasteiger partial charge in [-0.2, -0.15) is 0 Å². The molecule has 1 aromatic heterocycles. The highest BCUT2D eigenvalue weighted by molar-refractivity contribution is 5.77. The number of unbranched alkanes of at least 4 members (excludes halogenated alkanes) is 2. The van der Waals surface area contributed by atoms with Crippen LogP contribution in [0.5, 0.6) is 0 Å². The Hall–Kier alpha value is -2.66. The number of ether oxygens (including phenoxy) is 1. The van der Waals surface area contributed by atoms with Gasteiger partial charge in [0.15, 0.2) is 0 Å². The van der Waals surface area contributed by atoms with Gasteiger partial charge >= 0.3 is 0 Å². The molecule has 2 aromatic carbocycles. The van der Waals surface area contributed by atoms with E-state index in [1.54, 1.807) is 0 Å². The van der Waals surface area contributed by atoms with E-state index in [4.69, 9.17) is 9.72 Å². The van der Waals surface area contributed by atoms with Crippen LogP contribution in [0.2, 0.25) is 0 Å². The number of rotatable bonds is 12. The second kappa shape index (κ2) is 11.4. The number of carbonyl (C=O) groups excluding carboxylic acids is 1. The standard InChI is InChI=1S/C24H31N3O2/c1-29-19-24(28)25-17-9-3-6-16-23-26-21-14-7-8-15-22(21)27(23)18-10-13-20-11-4-2-5-12-20/h2,4-5,7-8,11-12,14-15H,3,6,9-10,13,16-19H2,1H3,(H,25,28). The molecule has 0 aliphatic carbocycles. The number of aromatic nitrogens is 2. The van der Waals surface area contributed by atoms with E-state index in [0.717, 1.165) is 50.6 Å². The molecule has 3 rings (SSSR count). The van der Waals surface area contributed by atoms with Gasteiger partial charge in [-0.1, -0.05) is 48.9 Å². The number of aryl methyl sites for hydroxylation is 3. The van der Waals surface area contributed by atoms with Crippen LogP contribution in [0.3, 0.4) is 0 Å². The smallest absolute Gasteiger partial charge is 0.245 e. The Kier molecular flexibility index (Phi) is 8.25.